The van der Waals surface area contributed by atoms with E-state index in [4.69, 9.17) is 0 Å². The molecule has 0 saturated heterocycles. The van der Waals surface area contributed by atoms with Crippen LogP contribution in [0.25, 0.3) is 0 Å². The van der Waals surface area contributed by atoms with Gasteiger partial charge in [-0.25, -0.2) is 4.31 Å². The van der Waals surface area contributed by atoms with Gasteiger partial charge in [0, 0.05) is 37.6 Å². The van der Waals surface area contributed by atoms with E-state index in [9.17, 15) is 18.0 Å². The van der Waals surface area contributed by atoms with Gasteiger partial charge in [-0.3, -0.25) is 9.59 Å². The Balaban J connectivity index is 2.08. The van der Waals surface area contributed by atoms with E-state index in [0.29, 0.717) is 5.69 Å². The maximum atomic E-state index is 14.1. The topological polar surface area (TPSA) is 90.0 Å². The molecule has 0 fully saturated rings. The third kappa shape index (κ3) is 8.39. The van der Waals surface area contributed by atoms with E-state index in [0.717, 1.165) is 24.2 Å². The number of anilines is 1. The van der Waals surface area contributed by atoms with Crippen LogP contribution >= 0.6 is 15.9 Å². The molecule has 0 aromatic heterocycles. The van der Waals surface area contributed by atoms with Gasteiger partial charge in [0.25, 0.3) is 0 Å². The number of carbonyl (C=O) groups is 2. The highest BCUT2D eigenvalue weighted by molar-refractivity contribution is 9.10. The standard InChI is InChI=1S/C29H35BrN4O4S/c1-22(2)31-29(36)27(19-23-12-7-5-8-13-23)33(20-24-14-11-15-25(30)18-24)28(35)21-34(39(37,38)32(3)4)26-16-9-6-10-17-26/h5-18,22,27H,19-21H2,1-4H3,(H,31,36). The molecule has 0 aliphatic heterocycles. The van der Waals surface area contributed by atoms with E-state index in [2.05, 4.69) is 21.2 Å². The van der Waals surface area contributed by atoms with Gasteiger partial charge in [0.05, 0.1) is 5.69 Å². The zero-order valence-corrected chi connectivity index (χ0v) is 25.0. The zero-order valence-electron chi connectivity index (χ0n) is 22.6. The smallest absolute Gasteiger partial charge is 0.304 e. The predicted octanol–water partition coefficient (Wildman–Crippen LogP) is 4.23. The minimum Gasteiger partial charge on any atom is -0.352 e. The maximum absolute atomic E-state index is 14.1. The fourth-order valence-corrected chi connectivity index (χ4v) is 5.58. The van der Waals surface area contributed by atoms with Crippen LogP contribution in [0.1, 0.15) is 25.0 Å². The van der Waals surface area contributed by atoms with E-state index in [-0.39, 0.29) is 24.9 Å². The molecule has 3 rings (SSSR count). The van der Waals surface area contributed by atoms with Gasteiger partial charge in [-0.05, 0) is 49.2 Å². The molecular weight excluding hydrogens is 580 g/mol. The molecule has 2 amide bonds. The summed E-state index contributed by atoms with van der Waals surface area (Å²) in [6, 6.07) is 24.4. The predicted molar refractivity (Wildman–Crippen MR) is 158 cm³/mol. The van der Waals surface area contributed by atoms with Crippen LogP contribution in [0.3, 0.4) is 0 Å². The third-order valence-corrected chi connectivity index (χ3v) is 8.32. The molecule has 0 saturated carbocycles. The molecule has 1 unspecified atom stereocenters. The van der Waals surface area contributed by atoms with Crippen molar-refractivity contribution < 1.29 is 18.0 Å². The van der Waals surface area contributed by atoms with Crippen LogP contribution < -0.4 is 9.62 Å². The number of nitrogens with zero attached hydrogens (tertiary/aromatic N) is 3. The van der Waals surface area contributed by atoms with Crippen molar-refractivity contribution in [3.8, 4) is 0 Å². The average Bonchev–Trinajstić information content (AvgIpc) is 2.89. The Hall–Kier alpha value is -3.21. The molecule has 0 aliphatic carbocycles. The highest BCUT2D eigenvalue weighted by Gasteiger charge is 2.34. The summed E-state index contributed by atoms with van der Waals surface area (Å²) in [6.45, 7) is 3.36. The van der Waals surface area contributed by atoms with Gasteiger partial charge in [-0.15, -0.1) is 0 Å². The third-order valence-electron chi connectivity index (χ3n) is 6.01. The summed E-state index contributed by atoms with van der Waals surface area (Å²) in [7, 11) is -1.17. The summed E-state index contributed by atoms with van der Waals surface area (Å²) in [5, 5.41) is 2.95. The molecule has 0 spiro atoms. The van der Waals surface area contributed by atoms with Crippen LogP contribution in [0.4, 0.5) is 5.69 Å². The molecule has 0 heterocycles. The molecule has 39 heavy (non-hydrogen) atoms. The number of para-hydroxylation sites is 1. The van der Waals surface area contributed by atoms with Crippen molar-refractivity contribution in [3.63, 3.8) is 0 Å². The fraction of sp³-hybridized carbons (Fsp3) is 0.310. The summed E-state index contributed by atoms with van der Waals surface area (Å²) in [6.07, 6.45) is 0.269. The number of hydrogen-bond acceptors (Lipinski definition) is 4. The van der Waals surface area contributed by atoms with Crippen LogP contribution in [-0.4, -0.2) is 62.2 Å². The Morgan fingerprint density at radius 1 is 0.872 bits per heavy atom. The molecule has 208 valence electrons. The highest BCUT2D eigenvalue weighted by Crippen LogP contribution is 2.22. The number of hydrogen-bond donors (Lipinski definition) is 1. The number of nitrogens with one attached hydrogen (secondary N) is 1. The monoisotopic (exact) mass is 614 g/mol. The lowest BCUT2D eigenvalue weighted by molar-refractivity contribution is -0.140. The van der Waals surface area contributed by atoms with Gasteiger partial charge in [0.15, 0.2) is 0 Å². The molecule has 8 nitrogen and oxygen atoms in total. The van der Waals surface area contributed by atoms with Gasteiger partial charge >= 0.3 is 10.2 Å². The van der Waals surface area contributed by atoms with Gasteiger partial charge < -0.3 is 10.2 Å². The quantitative estimate of drug-likeness (QED) is 0.331. The molecule has 1 atom stereocenters. The van der Waals surface area contributed by atoms with Crippen molar-refractivity contribution in [1.82, 2.24) is 14.5 Å². The molecule has 0 aliphatic rings. The van der Waals surface area contributed by atoms with Crippen molar-refractivity contribution in [3.05, 3.63) is 101 Å². The number of halogens is 1. The largest absolute Gasteiger partial charge is 0.352 e. The van der Waals surface area contributed by atoms with Gasteiger partial charge in [-0.1, -0.05) is 76.6 Å². The number of benzene rings is 3. The number of carbonyl (C=O) groups excluding carboxylic acids is 2. The summed E-state index contributed by atoms with van der Waals surface area (Å²) in [4.78, 5) is 29.2. The van der Waals surface area contributed by atoms with Crippen LogP contribution in [-0.2, 0) is 32.8 Å². The van der Waals surface area contributed by atoms with Crippen LogP contribution in [0.15, 0.2) is 89.4 Å². The molecule has 3 aromatic carbocycles. The van der Waals surface area contributed by atoms with Gasteiger partial charge in [0.1, 0.15) is 12.6 Å². The lowest BCUT2D eigenvalue weighted by Crippen LogP contribution is -2.55. The second kappa shape index (κ2) is 13.7. The van der Waals surface area contributed by atoms with Gasteiger partial charge in [-0.2, -0.15) is 12.7 Å². The SMILES string of the molecule is CC(C)NC(=O)C(Cc1ccccc1)N(Cc1cccc(Br)c1)C(=O)CN(c1ccccc1)S(=O)(=O)N(C)C. The summed E-state index contributed by atoms with van der Waals surface area (Å²) < 4.78 is 29.6. The Labute approximate surface area is 239 Å². The van der Waals surface area contributed by atoms with E-state index >= 15 is 0 Å². The van der Waals surface area contributed by atoms with E-state index < -0.39 is 28.7 Å². The minimum atomic E-state index is -4.01. The zero-order chi connectivity index (χ0) is 28.6. The lowest BCUT2D eigenvalue weighted by Gasteiger charge is -2.34. The average molecular weight is 616 g/mol. The van der Waals surface area contributed by atoms with E-state index in [1.54, 1.807) is 30.3 Å². The maximum Gasteiger partial charge on any atom is 0.304 e. The molecule has 10 heteroatoms. The van der Waals surface area contributed by atoms with E-state index in [1.165, 1.54) is 19.0 Å². The number of rotatable bonds is 12. The highest BCUT2D eigenvalue weighted by atomic mass is 79.9. The second-order valence-corrected chi connectivity index (χ2v) is 12.6. The van der Waals surface area contributed by atoms with Crippen LogP contribution in [0, 0.1) is 0 Å². The normalized spacial score (nSPS) is 12.3. The van der Waals surface area contributed by atoms with Crippen LogP contribution in [0.5, 0.6) is 0 Å². The van der Waals surface area contributed by atoms with Crippen molar-refractivity contribution in [2.24, 2.45) is 0 Å². The van der Waals surface area contributed by atoms with Crippen LogP contribution in [0.2, 0.25) is 0 Å². The summed E-state index contributed by atoms with van der Waals surface area (Å²) in [5.41, 5.74) is 2.04. The van der Waals surface area contributed by atoms with Crippen molar-refractivity contribution in [1.29, 1.82) is 0 Å². The second-order valence-electron chi connectivity index (χ2n) is 9.65. The molecular formula is C29H35BrN4O4S. The van der Waals surface area contributed by atoms with Crippen molar-refractivity contribution >= 4 is 43.6 Å². The van der Waals surface area contributed by atoms with Gasteiger partial charge in [0.2, 0.25) is 11.8 Å². The first-order valence-corrected chi connectivity index (χ1v) is 14.8. The molecule has 1 N–H and O–H groups in total. The first-order chi connectivity index (χ1) is 18.5. The molecule has 0 radical (unpaired) electrons. The first-order valence-electron chi connectivity index (χ1n) is 12.6. The Morgan fingerprint density at radius 3 is 2.03 bits per heavy atom. The number of amides is 2. The Bertz CT molecular complexity index is 1350. The Morgan fingerprint density at radius 2 is 1.46 bits per heavy atom. The molecule has 0 bridgehead atoms. The fourth-order valence-electron chi connectivity index (χ4n) is 4.08. The Kier molecular flexibility index (Phi) is 10.7. The molecule has 3 aromatic rings. The van der Waals surface area contributed by atoms with E-state index in [1.807, 2.05) is 68.4 Å². The van der Waals surface area contributed by atoms with Crippen molar-refractivity contribution in [2.75, 3.05) is 24.9 Å². The minimum absolute atomic E-state index is 0.117. The lowest BCUT2D eigenvalue weighted by atomic mass is 10.0. The summed E-state index contributed by atoms with van der Waals surface area (Å²) >= 11 is 3.48. The summed E-state index contributed by atoms with van der Waals surface area (Å²) in [5.74, 6) is -0.803. The first kappa shape index (κ1) is 30.3. The van der Waals surface area contributed by atoms with Crippen molar-refractivity contribution in [2.45, 2.75) is 38.9 Å².